The zero-order valence-corrected chi connectivity index (χ0v) is 17.5. The van der Waals surface area contributed by atoms with Crippen molar-refractivity contribution in [1.82, 2.24) is 0 Å². The summed E-state index contributed by atoms with van der Waals surface area (Å²) >= 11 is 0. The number of aromatic nitrogens is 1. The molecule has 0 radical (unpaired) electrons. The minimum atomic E-state index is -0.474. The molecule has 154 valence electrons. The van der Waals surface area contributed by atoms with Crippen LogP contribution in [0.15, 0.2) is 48.8 Å². The number of primary amides is 1. The van der Waals surface area contributed by atoms with Crippen molar-refractivity contribution in [3.8, 4) is 0 Å². The zero-order chi connectivity index (χ0) is 21.0. The maximum atomic E-state index is 13.1. The van der Waals surface area contributed by atoms with Gasteiger partial charge < -0.3 is 10.5 Å². The van der Waals surface area contributed by atoms with Gasteiger partial charge in [0, 0.05) is 11.6 Å². The maximum Gasteiger partial charge on any atom is 0.338 e. The highest BCUT2D eigenvalue weighted by Gasteiger charge is 2.34. The summed E-state index contributed by atoms with van der Waals surface area (Å²) in [6, 6.07) is 10.9. The van der Waals surface area contributed by atoms with Crippen molar-refractivity contribution in [1.29, 1.82) is 0 Å². The summed E-state index contributed by atoms with van der Waals surface area (Å²) in [6.07, 6.45) is 6.74. The summed E-state index contributed by atoms with van der Waals surface area (Å²) in [5, 5.41) is 0. The van der Waals surface area contributed by atoms with Gasteiger partial charge in [-0.05, 0) is 42.7 Å². The molecule has 2 N–H and O–H groups in total. The summed E-state index contributed by atoms with van der Waals surface area (Å²) in [5.74, 6) is 0.729. The molecule has 3 rings (SSSR count). The van der Waals surface area contributed by atoms with Crippen LogP contribution in [0.1, 0.15) is 66.3 Å². The lowest BCUT2D eigenvalue weighted by atomic mass is 9.75. The highest BCUT2D eigenvalue weighted by atomic mass is 16.5. The molecular weight excluding hydrogens is 364 g/mol. The van der Waals surface area contributed by atoms with Gasteiger partial charge in [0.05, 0.1) is 5.56 Å². The molecule has 0 aliphatic heterocycles. The van der Waals surface area contributed by atoms with Gasteiger partial charge in [-0.15, -0.1) is 0 Å². The first kappa shape index (κ1) is 21.0. The molecule has 0 saturated heterocycles. The molecule has 1 aliphatic rings. The smallest absolute Gasteiger partial charge is 0.338 e. The summed E-state index contributed by atoms with van der Waals surface area (Å²) in [6.45, 7) is 7.10. The van der Waals surface area contributed by atoms with Gasteiger partial charge in [0.2, 0.25) is 0 Å². The topological polar surface area (TPSA) is 73.3 Å². The van der Waals surface area contributed by atoms with E-state index in [2.05, 4.69) is 20.8 Å². The number of hydrogen-bond acceptors (Lipinski definition) is 3. The lowest BCUT2D eigenvalue weighted by Gasteiger charge is -2.36. The third kappa shape index (κ3) is 5.22. The van der Waals surface area contributed by atoms with E-state index in [0.29, 0.717) is 35.4 Å². The fraction of sp³-hybridized carbons (Fsp3) is 0.458. The Morgan fingerprint density at radius 3 is 2.66 bits per heavy atom. The van der Waals surface area contributed by atoms with Crippen LogP contribution in [0.4, 0.5) is 0 Å². The first-order valence-electron chi connectivity index (χ1n) is 10.4. The second-order valence-corrected chi connectivity index (χ2v) is 8.56. The van der Waals surface area contributed by atoms with Crippen LogP contribution >= 0.6 is 0 Å². The van der Waals surface area contributed by atoms with Crippen molar-refractivity contribution in [3.05, 3.63) is 65.5 Å². The van der Waals surface area contributed by atoms with E-state index in [4.69, 9.17) is 10.5 Å². The number of benzene rings is 1. The molecule has 1 saturated carbocycles. The molecule has 5 heteroatoms. The van der Waals surface area contributed by atoms with Crippen molar-refractivity contribution >= 4 is 11.9 Å². The number of carbonyl (C=O) groups excluding carboxylic acids is 2. The molecule has 1 amide bonds. The Bertz CT molecular complexity index is 878. The Morgan fingerprint density at radius 1 is 1.17 bits per heavy atom. The van der Waals surface area contributed by atoms with E-state index in [1.54, 1.807) is 18.3 Å². The SMILES string of the molecule is CC(C)[C@H]1CC[C@@H](C)C[C@H]1OC(=O)c1ccccc1C[n+]1cccc(C(N)=O)c1. The Balaban J connectivity index is 1.80. The van der Waals surface area contributed by atoms with Crippen molar-refractivity contribution in [3.63, 3.8) is 0 Å². The number of rotatable bonds is 6. The standard InChI is InChI=1S/C24H30N2O3/c1-16(2)20-11-10-17(3)13-22(20)29-24(28)21-9-5-4-7-18(21)14-26-12-6-8-19(15-26)23(25)27/h4-9,12,15-17,20,22H,10-11,13-14H2,1-3H3,(H-,25,27)/p+1/t17-,20-,22-/m1/s1. The highest BCUT2D eigenvalue weighted by molar-refractivity contribution is 5.92. The number of carbonyl (C=O) groups is 2. The van der Waals surface area contributed by atoms with Gasteiger partial charge in [-0.2, -0.15) is 4.57 Å². The van der Waals surface area contributed by atoms with Gasteiger partial charge in [-0.3, -0.25) is 4.79 Å². The van der Waals surface area contributed by atoms with Crippen LogP contribution in [0, 0.1) is 17.8 Å². The molecule has 1 aliphatic carbocycles. The predicted octanol–water partition coefficient (Wildman–Crippen LogP) is 3.74. The van der Waals surface area contributed by atoms with E-state index in [1.807, 2.05) is 35.0 Å². The second-order valence-electron chi connectivity index (χ2n) is 8.56. The quantitative estimate of drug-likeness (QED) is 0.598. The van der Waals surface area contributed by atoms with Crippen LogP contribution < -0.4 is 10.3 Å². The van der Waals surface area contributed by atoms with Gasteiger partial charge in [-0.25, -0.2) is 4.79 Å². The molecule has 3 atom stereocenters. The lowest BCUT2D eigenvalue weighted by Crippen LogP contribution is -2.37. The minimum Gasteiger partial charge on any atom is -0.458 e. The fourth-order valence-corrected chi connectivity index (χ4v) is 4.27. The Labute approximate surface area is 172 Å². The van der Waals surface area contributed by atoms with Crippen LogP contribution in [0.2, 0.25) is 0 Å². The molecule has 0 bridgehead atoms. The molecular formula is C24H31N2O3+. The van der Waals surface area contributed by atoms with E-state index in [0.717, 1.165) is 18.4 Å². The molecule has 0 unspecified atom stereocenters. The molecule has 0 spiro atoms. The normalized spacial score (nSPS) is 21.7. The second kappa shape index (κ2) is 9.21. The Morgan fingerprint density at radius 2 is 1.93 bits per heavy atom. The van der Waals surface area contributed by atoms with Gasteiger partial charge in [0.1, 0.15) is 11.7 Å². The number of ether oxygens (including phenoxy) is 1. The van der Waals surface area contributed by atoms with E-state index < -0.39 is 5.91 Å². The van der Waals surface area contributed by atoms with Crippen molar-refractivity contribution < 1.29 is 18.9 Å². The van der Waals surface area contributed by atoms with Gasteiger partial charge in [0.15, 0.2) is 18.9 Å². The molecule has 29 heavy (non-hydrogen) atoms. The summed E-state index contributed by atoms with van der Waals surface area (Å²) in [7, 11) is 0. The summed E-state index contributed by atoms with van der Waals surface area (Å²) in [4.78, 5) is 24.5. The zero-order valence-electron chi connectivity index (χ0n) is 17.5. The van der Waals surface area contributed by atoms with Gasteiger partial charge in [0.25, 0.3) is 5.91 Å². The summed E-state index contributed by atoms with van der Waals surface area (Å²) in [5.41, 5.74) is 7.24. The van der Waals surface area contributed by atoms with E-state index in [-0.39, 0.29) is 12.1 Å². The monoisotopic (exact) mass is 395 g/mol. The molecule has 1 heterocycles. The minimum absolute atomic E-state index is 0.0369. The van der Waals surface area contributed by atoms with Crippen LogP contribution in [-0.2, 0) is 11.3 Å². The number of esters is 1. The lowest BCUT2D eigenvalue weighted by molar-refractivity contribution is -0.688. The molecule has 1 fully saturated rings. The molecule has 1 aromatic carbocycles. The number of hydrogen-bond donors (Lipinski definition) is 1. The first-order chi connectivity index (χ1) is 13.8. The predicted molar refractivity (Wildman–Crippen MR) is 111 cm³/mol. The highest BCUT2D eigenvalue weighted by Crippen LogP contribution is 2.35. The maximum absolute atomic E-state index is 13.1. The summed E-state index contributed by atoms with van der Waals surface area (Å²) < 4.78 is 7.89. The number of nitrogens with zero attached hydrogens (tertiary/aromatic N) is 1. The average Bonchev–Trinajstić information content (AvgIpc) is 2.68. The number of amides is 1. The van der Waals surface area contributed by atoms with Crippen LogP contribution in [0.5, 0.6) is 0 Å². The molecule has 5 nitrogen and oxygen atoms in total. The van der Waals surface area contributed by atoms with Crippen molar-refractivity contribution in [2.75, 3.05) is 0 Å². The van der Waals surface area contributed by atoms with E-state index >= 15 is 0 Å². The third-order valence-electron chi connectivity index (χ3n) is 5.95. The Kier molecular flexibility index (Phi) is 6.68. The van der Waals surface area contributed by atoms with Crippen LogP contribution in [-0.4, -0.2) is 18.0 Å². The number of pyridine rings is 1. The van der Waals surface area contributed by atoms with Gasteiger partial charge >= 0.3 is 5.97 Å². The Hall–Kier alpha value is -2.69. The average molecular weight is 396 g/mol. The van der Waals surface area contributed by atoms with E-state index in [1.165, 1.54) is 6.42 Å². The van der Waals surface area contributed by atoms with E-state index in [9.17, 15) is 9.59 Å². The molecule has 1 aromatic heterocycles. The number of nitrogens with two attached hydrogens (primary N) is 1. The fourth-order valence-electron chi connectivity index (χ4n) is 4.27. The first-order valence-corrected chi connectivity index (χ1v) is 10.4. The largest absolute Gasteiger partial charge is 0.458 e. The molecule has 2 aromatic rings. The van der Waals surface area contributed by atoms with Crippen LogP contribution in [0.25, 0.3) is 0 Å². The van der Waals surface area contributed by atoms with Crippen LogP contribution in [0.3, 0.4) is 0 Å². The van der Waals surface area contributed by atoms with Crippen molar-refractivity contribution in [2.45, 2.75) is 52.7 Å². The van der Waals surface area contributed by atoms with Crippen molar-refractivity contribution in [2.24, 2.45) is 23.5 Å². The van der Waals surface area contributed by atoms with Gasteiger partial charge in [-0.1, -0.05) is 45.4 Å². The third-order valence-corrected chi connectivity index (χ3v) is 5.95.